The molecule has 0 spiro atoms. The third-order valence-electron chi connectivity index (χ3n) is 13.8. The Balaban J connectivity index is 0.000000166. The highest BCUT2D eigenvalue weighted by Gasteiger charge is 2.27. The molecule has 3 aliphatic heterocycles. The van der Waals surface area contributed by atoms with Gasteiger partial charge in [-0.05, 0) is 110 Å². The van der Waals surface area contributed by atoms with Crippen LogP contribution in [0.3, 0.4) is 0 Å². The molecule has 344 valence electrons. The minimum atomic E-state index is -0.472. The van der Waals surface area contributed by atoms with Crippen LogP contribution in [0, 0.1) is 0 Å². The number of carbonyl (C=O) groups excluding carboxylic acids is 2. The van der Waals surface area contributed by atoms with Gasteiger partial charge in [0.15, 0.2) is 5.43 Å². The van der Waals surface area contributed by atoms with Gasteiger partial charge in [-0.2, -0.15) is 0 Å². The van der Waals surface area contributed by atoms with Crippen molar-refractivity contribution in [2.75, 3.05) is 60.1 Å². The molecular weight excluding hydrogens is 837 g/mol. The number of nitrogens with two attached hydrogens (primary N) is 2. The smallest absolute Gasteiger partial charge is 0.248 e. The van der Waals surface area contributed by atoms with Crippen molar-refractivity contribution in [3.05, 3.63) is 136 Å². The van der Waals surface area contributed by atoms with Crippen molar-refractivity contribution >= 4 is 44.6 Å². The first-order chi connectivity index (χ1) is 32.1. The number of piperidine rings is 2. The third-order valence-corrected chi connectivity index (χ3v) is 13.8. The Hall–Kier alpha value is -6.61. The lowest BCUT2D eigenvalue weighted by Crippen LogP contribution is -2.36. The molecule has 0 bridgehead atoms. The second-order valence-corrected chi connectivity index (χ2v) is 17.6. The van der Waals surface area contributed by atoms with Crippen LogP contribution in [-0.4, -0.2) is 95.9 Å². The number of amides is 2. The maximum Gasteiger partial charge on any atom is 0.248 e. The minimum Gasteiger partial charge on any atom is -0.496 e. The van der Waals surface area contributed by atoms with E-state index in [-0.39, 0.29) is 5.43 Å². The maximum atomic E-state index is 12.2. The van der Waals surface area contributed by atoms with Crippen LogP contribution in [0.15, 0.2) is 107 Å². The molecule has 3 aromatic heterocycles. The Morgan fingerprint density at radius 1 is 0.682 bits per heavy atom. The zero-order chi connectivity index (χ0) is 45.9. The topological polar surface area (TPSA) is 181 Å². The van der Waals surface area contributed by atoms with Crippen LogP contribution in [0.4, 0.5) is 0 Å². The summed E-state index contributed by atoms with van der Waals surface area (Å²) in [7, 11) is 3.32. The summed E-state index contributed by atoms with van der Waals surface area (Å²) in [6.07, 6.45) is 11.5. The summed E-state index contributed by atoms with van der Waals surface area (Å²) in [6.45, 7) is 6.24. The SMILES string of the molecule is COc1ccc2c(=O)ccoc2c1CCN1CCC(n2ccc3ccc(C(N)=O)cc32)CC1.COc1ccc2c(c1CCN1CCC(n3ccc4ccc(C(N)=O)cc43)CC1)OCCC2O. The number of hydrogen-bond acceptors (Lipinski definition) is 10. The molecule has 0 aliphatic carbocycles. The average molecular weight is 895 g/mol. The van der Waals surface area contributed by atoms with Crippen LogP contribution in [0.1, 0.15) is 87.7 Å². The van der Waals surface area contributed by atoms with E-state index in [4.69, 9.17) is 30.1 Å². The molecule has 14 heteroatoms. The maximum absolute atomic E-state index is 12.2. The number of benzene rings is 4. The number of carbonyl (C=O) groups is 2. The standard InChI is InChI=1S/C26H31N3O4.C26H27N3O4/c2*1-32-24-5-4-20-23(30)10-15-33-25(20)21(24)9-13-28-11-7-19(8-12-28)29-14-6-17-2-3-18(26(27)31)16-22(17)29/h2-6,14,16,19,23,30H,7-13,15H2,1H3,(H2,27,31);2-6,10,14-16,19H,7-9,11-13H2,1H3,(H2,27,31). The normalized spacial score (nSPS) is 17.3. The van der Waals surface area contributed by atoms with Crippen LogP contribution >= 0.6 is 0 Å². The molecule has 0 radical (unpaired) electrons. The predicted octanol–water partition coefficient (Wildman–Crippen LogP) is 7.18. The number of aliphatic hydroxyl groups excluding tert-OH is 1. The number of nitrogens with zero attached hydrogens (tertiary/aromatic N) is 4. The molecule has 2 amide bonds. The summed E-state index contributed by atoms with van der Waals surface area (Å²) >= 11 is 0. The number of primary amides is 2. The van der Waals surface area contributed by atoms with Gasteiger partial charge in [0.2, 0.25) is 11.8 Å². The van der Waals surface area contributed by atoms with Crippen molar-refractivity contribution in [2.24, 2.45) is 11.5 Å². The van der Waals surface area contributed by atoms with E-state index in [0.29, 0.717) is 47.2 Å². The largest absolute Gasteiger partial charge is 0.496 e. The number of aliphatic hydroxyl groups is 1. The van der Waals surface area contributed by atoms with Crippen LogP contribution in [0.5, 0.6) is 17.2 Å². The predicted molar refractivity (Wildman–Crippen MR) is 255 cm³/mol. The molecule has 10 rings (SSSR count). The van der Waals surface area contributed by atoms with E-state index in [0.717, 1.165) is 134 Å². The van der Waals surface area contributed by atoms with Crippen molar-refractivity contribution in [2.45, 2.75) is 63.1 Å². The number of likely N-dealkylation sites (tertiary alicyclic amines) is 2. The number of hydrogen-bond donors (Lipinski definition) is 3. The molecule has 6 heterocycles. The molecule has 14 nitrogen and oxygen atoms in total. The molecule has 0 saturated carbocycles. The average Bonchev–Trinajstić information content (AvgIpc) is 3.97. The molecule has 1 unspecified atom stereocenters. The van der Waals surface area contributed by atoms with Gasteiger partial charge < -0.3 is 54.1 Å². The Labute approximate surface area is 383 Å². The van der Waals surface area contributed by atoms with Crippen LogP contribution < -0.4 is 31.1 Å². The molecule has 66 heavy (non-hydrogen) atoms. The van der Waals surface area contributed by atoms with E-state index in [9.17, 15) is 19.5 Å². The summed E-state index contributed by atoms with van der Waals surface area (Å²) in [5.41, 5.74) is 17.6. The van der Waals surface area contributed by atoms with E-state index < -0.39 is 17.9 Å². The van der Waals surface area contributed by atoms with Gasteiger partial charge in [0, 0.05) is 115 Å². The van der Waals surface area contributed by atoms with Crippen molar-refractivity contribution in [3.63, 3.8) is 0 Å². The minimum absolute atomic E-state index is 0.0422. The Morgan fingerprint density at radius 3 is 1.76 bits per heavy atom. The van der Waals surface area contributed by atoms with Gasteiger partial charge in [0.1, 0.15) is 22.8 Å². The highest BCUT2D eigenvalue weighted by atomic mass is 16.5. The molecule has 5 N–H and O–H groups in total. The summed E-state index contributed by atoms with van der Waals surface area (Å²) < 4.78 is 27.4. The number of methoxy groups -OCH3 is 2. The van der Waals surface area contributed by atoms with E-state index in [1.165, 1.54) is 12.3 Å². The fourth-order valence-corrected chi connectivity index (χ4v) is 10.2. The lowest BCUT2D eigenvalue weighted by Gasteiger charge is -2.33. The zero-order valence-electron chi connectivity index (χ0n) is 37.6. The zero-order valence-corrected chi connectivity index (χ0v) is 37.6. The summed E-state index contributed by atoms with van der Waals surface area (Å²) in [5, 5.41) is 13.2. The van der Waals surface area contributed by atoms with Crippen molar-refractivity contribution in [3.8, 4) is 17.2 Å². The van der Waals surface area contributed by atoms with Crippen LogP contribution in [0.2, 0.25) is 0 Å². The van der Waals surface area contributed by atoms with Crippen molar-refractivity contribution in [1.29, 1.82) is 0 Å². The third kappa shape index (κ3) is 9.13. The molecule has 4 aromatic carbocycles. The Morgan fingerprint density at radius 2 is 1.21 bits per heavy atom. The number of rotatable bonds is 12. The molecule has 2 fully saturated rings. The van der Waals surface area contributed by atoms with E-state index >= 15 is 0 Å². The van der Waals surface area contributed by atoms with Crippen LogP contribution in [-0.2, 0) is 12.8 Å². The number of aromatic nitrogens is 2. The first-order valence-electron chi connectivity index (χ1n) is 22.9. The first-order valence-corrected chi connectivity index (χ1v) is 22.9. The fourth-order valence-electron chi connectivity index (χ4n) is 10.2. The summed E-state index contributed by atoms with van der Waals surface area (Å²) in [4.78, 5) is 40.3. The number of ether oxygens (including phenoxy) is 3. The van der Waals surface area contributed by atoms with Gasteiger partial charge in [-0.1, -0.05) is 12.1 Å². The highest BCUT2D eigenvalue weighted by molar-refractivity contribution is 5.98. The van der Waals surface area contributed by atoms with E-state index in [1.54, 1.807) is 32.4 Å². The molecule has 2 saturated heterocycles. The highest BCUT2D eigenvalue weighted by Crippen LogP contribution is 2.40. The second-order valence-electron chi connectivity index (χ2n) is 17.6. The monoisotopic (exact) mass is 894 g/mol. The van der Waals surface area contributed by atoms with Crippen molar-refractivity contribution in [1.82, 2.24) is 18.9 Å². The van der Waals surface area contributed by atoms with Gasteiger partial charge in [0.25, 0.3) is 0 Å². The van der Waals surface area contributed by atoms with Crippen molar-refractivity contribution < 1.29 is 33.3 Å². The van der Waals surface area contributed by atoms with Gasteiger partial charge in [-0.15, -0.1) is 0 Å². The second kappa shape index (κ2) is 19.5. The lowest BCUT2D eigenvalue weighted by atomic mass is 9.97. The molecule has 3 aliphatic rings. The van der Waals surface area contributed by atoms with Crippen LogP contribution in [0.25, 0.3) is 32.8 Å². The summed E-state index contributed by atoms with van der Waals surface area (Å²) in [5.74, 6) is 1.57. The van der Waals surface area contributed by atoms with E-state index in [1.807, 2.05) is 42.5 Å². The first kappa shape index (κ1) is 44.6. The molecule has 1 atom stereocenters. The van der Waals surface area contributed by atoms with E-state index in [2.05, 4.69) is 43.5 Å². The quantitative estimate of drug-likeness (QED) is 0.114. The Bertz CT molecular complexity index is 2940. The fraction of sp³-hybridized carbons (Fsp3) is 0.365. The molecule has 7 aromatic rings. The van der Waals surface area contributed by atoms with Gasteiger partial charge in [-0.25, -0.2) is 0 Å². The summed E-state index contributed by atoms with van der Waals surface area (Å²) in [6, 6.07) is 25.2. The lowest BCUT2D eigenvalue weighted by molar-refractivity contribution is 0.0992. The number of fused-ring (bicyclic) bond motifs is 4. The van der Waals surface area contributed by atoms with Gasteiger partial charge in [0.05, 0.1) is 38.6 Å². The van der Waals surface area contributed by atoms with Gasteiger partial charge in [-0.3, -0.25) is 14.4 Å². The molecular formula is C52H58N6O8. The van der Waals surface area contributed by atoms with Gasteiger partial charge >= 0.3 is 0 Å². The Kier molecular flexibility index (Phi) is 13.2.